The topological polar surface area (TPSA) is 95.9 Å². The van der Waals surface area contributed by atoms with Gasteiger partial charge in [-0.1, -0.05) is 22.0 Å². The highest BCUT2D eigenvalue weighted by atomic mass is 79.9. The first-order chi connectivity index (χ1) is 12.3. The molecule has 0 atom stereocenters. The number of esters is 1. The van der Waals surface area contributed by atoms with Gasteiger partial charge in [0.05, 0.1) is 23.5 Å². The van der Waals surface area contributed by atoms with Crippen molar-refractivity contribution in [2.45, 2.75) is 6.92 Å². The summed E-state index contributed by atoms with van der Waals surface area (Å²) in [5, 5.41) is 11.9. The van der Waals surface area contributed by atoms with Gasteiger partial charge in [0.25, 0.3) is 0 Å². The maximum atomic E-state index is 12.4. The number of aryl methyl sites for hydroxylation is 1. The summed E-state index contributed by atoms with van der Waals surface area (Å²) in [4.78, 5) is 37.1. The van der Waals surface area contributed by atoms with E-state index in [9.17, 15) is 19.5 Å². The predicted molar refractivity (Wildman–Crippen MR) is 98.8 cm³/mol. The Labute approximate surface area is 157 Å². The van der Waals surface area contributed by atoms with Crippen molar-refractivity contribution >= 4 is 45.2 Å². The van der Waals surface area contributed by atoms with Crippen molar-refractivity contribution < 1.29 is 24.2 Å². The average molecular weight is 419 g/mol. The Morgan fingerprint density at radius 3 is 2.77 bits per heavy atom. The largest absolute Gasteiger partial charge is 0.478 e. The van der Waals surface area contributed by atoms with Gasteiger partial charge in [-0.05, 0) is 42.8 Å². The van der Waals surface area contributed by atoms with Crippen molar-refractivity contribution in [1.82, 2.24) is 0 Å². The number of hydrogen-bond donors (Lipinski definition) is 2. The highest BCUT2D eigenvalue weighted by Gasteiger charge is 2.26. The number of nitrogens with one attached hydrogen (secondary N) is 1. The fourth-order valence-corrected chi connectivity index (χ4v) is 3.03. The number of carboxylic acid groups (broad SMARTS) is 1. The minimum atomic E-state index is -1.15. The van der Waals surface area contributed by atoms with Gasteiger partial charge < -0.3 is 20.1 Å². The molecule has 2 aromatic rings. The van der Waals surface area contributed by atoms with Gasteiger partial charge in [0.1, 0.15) is 6.54 Å². The molecule has 0 saturated carbocycles. The number of aromatic carboxylic acids is 1. The van der Waals surface area contributed by atoms with Gasteiger partial charge >= 0.3 is 11.9 Å². The lowest BCUT2D eigenvalue weighted by Gasteiger charge is -2.29. The molecule has 0 fully saturated rings. The molecule has 8 heteroatoms. The lowest BCUT2D eigenvalue weighted by molar-refractivity contribution is -0.133. The number of fused-ring (bicyclic) bond motifs is 1. The summed E-state index contributed by atoms with van der Waals surface area (Å²) in [7, 11) is 0. The van der Waals surface area contributed by atoms with Crippen molar-refractivity contribution in [3.63, 3.8) is 0 Å². The number of halogens is 1. The summed E-state index contributed by atoms with van der Waals surface area (Å²) in [6.07, 6.45) is 0. The van der Waals surface area contributed by atoms with Crippen molar-refractivity contribution in [1.29, 1.82) is 0 Å². The number of carboxylic acids is 1. The average Bonchev–Trinajstić information content (AvgIpc) is 2.55. The molecule has 7 nitrogen and oxygen atoms in total. The van der Waals surface area contributed by atoms with E-state index in [4.69, 9.17) is 4.74 Å². The van der Waals surface area contributed by atoms with Gasteiger partial charge in [-0.25, -0.2) is 9.59 Å². The molecule has 0 bridgehead atoms. The summed E-state index contributed by atoms with van der Waals surface area (Å²) >= 11 is 3.21. The van der Waals surface area contributed by atoms with Crippen LogP contribution in [0.5, 0.6) is 5.75 Å². The van der Waals surface area contributed by atoms with Crippen LogP contribution in [0.1, 0.15) is 15.9 Å². The number of ether oxygens (including phenoxy) is 1. The van der Waals surface area contributed by atoms with Crippen LogP contribution in [-0.2, 0) is 9.59 Å². The molecule has 2 N–H and O–H groups in total. The molecule has 3 rings (SSSR count). The first-order valence-corrected chi connectivity index (χ1v) is 8.52. The normalized spacial score (nSPS) is 13.0. The molecule has 0 aliphatic carbocycles. The monoisotopic (exact) mass is 418 g/mol. The predicted octanol–water partition coefficient (Wildman–Crippen LogP) is 2.82. The second kappa shape index (κ2) is 7.17. The first kappa shape index (κ1) is 17.9. The van der Waals surface area contributed by atoms with Gasteiger partial charge in [0.15, 0.2) is 5.75 Å². The van der Waals surface area contributed by atoms with Crippen LogP contribution >= 0.6 is 15.9 Å². The third kappa shape index (κ3) is 3.85. The zero-order valence-electron chi connectivity index (χ0n) is 13.8. The fourth-order valence-electron chi connectivity index (χ4n) is 2.67. The fraction of sp³-hybridized carbons (Fsp3) is 0.167. The molecule has 134 valence electrons. The first-order valence-electron chi connectivity index (χ1n) is 7.72. The number of carbonyl (C=O) groups excluding carboxylic acids is 2. The molecule has 0 saturated heterocycles. The minimum absolute atomic E-state index is 0.0261. The number of carbonyl (C=O) groups is 3. The van der Waals surface area contributed by atoms with Gasteiger partial charge in [0, 0.05) is 4.47 Å². The zero-order chi connectivity index (χ0) is 18.8. The van der Waals surface area contributed by atoms with E-state index in [1.54, 1.807) is 23.1 Å². The highest BCUT2D eigenvalue weighted by molar-refractivity contribution is 9.10. The van der Waals surface area contributed by atoms with Gasteiger partial charge in [-0.15, -0.1) is 0 Å². The second-order valence-electron chi connectivity index (χ2n) is 5.84. The Morgan fingerprint density at radius 2 is 2.04 bits per heavy atom. The summed E-state index contributed by atoms with van der Waals surface area (Å²) < 4.78 is 5.80. The van der Waals surface area contributed by atoms with E-state index < -0.39 is 17.8 Å². The van der Waals surface area contributed by atoms with Crippen molar-refractivity contribution in [2.75, 3.05) is 23.3 Å². The van der Waals surface area contributed by atoms with E-state index >= 15 is 0 Å². The van der Waals surface area contributed by atoms with Crippen LogP contribution in [0.15, 0.2) is 40.9 Å². The second-order valence-corrected chi connectivity index (χ2v) is 6.76. The van der Waals surface area contributed by atoms with Crippen molar-refractivity contribution in [3.8, 4) is 5.75 Å². The maximum Gasteiger partial charge on any atom is 0.337 e. The van der Waals surface area contributed by atoms with Crippen LogP contribution < -0.4 is 15.0 Å². The Morgan fingerprint density at radius 1 is 1.27 bits per heavy atom. The Balaban J connectivity index is 1.79. The summed E-state index contributed by atoms with van der Waals surface area (Å²) in [6.45, 7) is 1.70. The lowest BCUT2D eigenvalue weighted by atomic mass is 10.1. The molecular formula is C18H15BrN2O5. The van der Waals surface area contributed by atoms with E-state index in [1.807, 2.05) is 13.0 Å². The summed E-state index contributed by atoms with van der Waals surface area (Å²) in [6, 6.07) is 9.93. The number of nitrogens with zero attached hydrogens (tertiary/aromatic N) is 1. The van der Waals surface area contributed by atoms with E-state index in [0.29, 0.717) is 15.9 Å². The Bertz CT molecular complexity index is 912. The highest BCUT2D eigenvalue weighted by Crippen LogP contribution is 2.32. The molecule has 1 aliphatic heterocycles. The third-order valence-electron chi connectivity index (χ3n) is 3.82. The van der Waals surface area contributed by atoms with Crippen molar-refractivity contribution in [3.05, 3.63) is 52.0 Å². The SMILES string of the molecule is Cc1ccc2c(c1)OC(=O)CN2CC(=O)Nc1ccc(Br)cc1C(=O)O. The van der Waals surface area contributed by atoms with Gasteiger partial charge in [0.2, 0.25) is 5.91 Å². The van der Waals surface area contributed by atoms with E-state index in [2.05, 4.69) is 21.2 Å². The molecule has 0 radical (unpaired) electrons. The van der Waals surface area contributed by atoms with E-state index in [-0.39, 0.29) is 24.3 Å². The standard InChI is InChI=1S/C18H15BrN2O5/c1-10-2-5-14-15(6-10)26-17(23)9-21(14)8-16(22)20-13-4-3-11(19)7-12(13)18(24)25/h2-7H,8-9H2,1H3,(H,20,22)(H,24,25). The van der Waals surface area contributed by atoms with Gasteiger partial charge in [-0.3, -0.25) is 4.79 Å². The van der Waals surface area contributed by atoms with Crippen LogP contribution in [0.25, 0.3) is 0 Å². The third-order valence-corrected chi connectivity index (χ3v) is 4.31. The molecule has 1 aliphatic rings. The molecule has 2 aromatic carbocycles. The number of anilines is 2. The molecule has 0 unspecified atom stereocenters. The molecule has 1 amide bonds. The smallest absolute Gasteiger partial charge is 0.337 e. The van der Waals surface area contributed by atoms with Crippen LogP contribution in [0.3, 0.4) is 0 Å². The van der Waals surface area contributed by atoms with E-state index in [1.165, 1.54) is 12.1 Å². The molecule has 0 spiro atoms. The number of benzene rings is 2. The van der Waals surface area contributed by atoms with E-state index in [0.717, 1.165) is 5.56 Å². The molecular weight excluding hydrogens is 404 g/mol. The zero-order valence-corrected chi connectivity index (χ0v) is 15.4. The van der Waals surface area contributed by atoms with Crippen molar-refractivity contribution in [2.24, 2.45) is 0 Å². The van der Waals surface area contributed by atoms with Gasteiger partial charge in [-0.2, -0.15) is 0 Å². The lowest BCUT2D eigenvalue weighted by Crippen LogP contribution is -2.41. The minimum Gasteiger partial charge on any atom is -0.478 e. The van der Waals surface area contributed by atoms with Crippen LogP contribution in [0.4, 0.5) is 11.4 Å². The molecule has 26 heavy (non-hydrogen) atoms. The van der Waals surface area contributed by atoms with Crippen LogP contribution in [-0.4, -0.2) is 36.0 Å². The van der Waals surface area contributed by atoms with Crippen LogP contribution in [0.2, 0.25) is 0 Å². The molecule has 0 aromatic heterocycles. The summed E-state index contributed by atoms with van der Waals surface area (Å²) in [5.74, 6) is -1.63. The molecule has 1 heterocycles. The Kier molecular flexibility index (Phi) is 4.94. The maximum absolute atomic E-state index is 12.4. The number of rotatable bonds is 4. The van der Waals surface area contributed by atoms with Crippen LogP contribution in [0, 0.1) is 6.92 Å². The quantitative estimate of drug-likeness (QED) is 0.585. The number of amides is 1. The summed E-state index contributed by atoms with van der Waals surface area (Å²) in [5.41, 5.74) is 1.74. The Hall–Kier alpha value is -2.87. The number of hydrogen-bond acceptors (Lipinski definition) is 5.